The van der Waals surface area contributed by atoms with Crippen LogP contribution in [-0.4, -0.2) is 21.8 Å². The van der Waals surface area contributed by atoms with E-state index in [1.165, 1.54) is 11.3 Å². The fourth-order valence-corrected chi connectivity index (χ4v) is 2.87. The highest BCUT2D eigenvalue weighted by atomic mass is 32.1. The van der Waals surface area contributed by atoms with Crippen LogP contribution in [0.4, 0.5) is 10.8 Å². The number of benzene rings is 1. The lowest BCUT2D eigenvalue weighted by molar-refractivity contribution is -0.132. The van der Waals surface area contributed by atoms with Crippen LogP contribution >= 0.6 is 11.3 Å². The van der Waals surface area contributed by atoms with Gasteiger partial charge in [0.2, 0.25) is 0 Å². The molecule has 3 rings (SSSR count). The molecule has 0 unspecified atom stereocenters. The van der Waals surface area contributed by atoms with Crippen molar-refractivity contribution in [2.24, 2.45) is 0 Å². The number of rotatable bonds is 2. The lowest BCUT2D eigenvalue weighted by atomic mass is 10.2. The molecule has 0 aliphatic carbocycles. The molecule has 7 heteroatoms. The van der Waals surface area contributed by atoms with Crippen molar-refractivity contribution in [3.63, 3.8) is 0 Å². The predicted molar refractivity (Wildman–Crippen MR) is 90.6 cm³/mol. The fraction of sp³-hybridized carbons (Fsp3) is 0.125. The van der Waals surface area contributed by atoms with Gasteiger partial charge in [0.15, 0.2) is 5.13 Å². The Kier molecular flexibility index (Phi) is 4.03. The lowest BCUT2D eigenvalue weighted by Gasteiger charge is -2.07. The van der Waals surface area contributed by atoms with Crippen LogP contribution in [0.1, 0.15) is 10.6 Å². The van der Waals surface area contributed by atoms with Gasteiger partial charge in [0.05, 0.1) is 16.9 Å². The standard InChI is InChI=1S/C16H14N4O2S/c1-9-10(2)23-16(18-9)20-15(22)14(21)19-12-7-3-5-11-6-4-8-17-13(11)12/h3-8H,1-2H3,(H,19,21)(H,18,20,22). The lowest BCUT2D eigenvalue weighted by Crippen LogP contribution is -2.29. The summed E-state index contributed by atoms with van der Waals surface area (Å²) in [5, 5.41) is 6.40. The van der Waals surface area contributed by atoms with Crippen LogP contribution < -0.4 is 10.6 Å². The van der Waals surface area contributed by atoms with E-state index in [1.54, 1.807) is 18.3 Å². The van der Waals surface area contributed by atoms with Crippen molar-refractivity contribution >= 4 is 44.9 Å². The summed E-state index contributed by atoms with van der Waals surface area (Å²) in [4.78, 5) is 33.5. The summed E-state index contributed by atoms with van der Waals surface area (Å²) in [5.74, 6) is -1.51. The van der Waals surface area contributed by atoms with E-state index >= 15 is 0 Å². The summed E-state index contributed by atoms with van der Waals surface area (Å²) in [6.45, 7) is 3.76. The van der Waals surface area contributed by atoms with Gasteiger partial charge in [0.1, 0.15) is 0 Å². The SMILES string of the molecule is Cc1nc(NC(=O)C(=O)Nc2cccc3cccnc23)sc1C. The first-order chi connectivity index (χ1) is 11.0. The van der Waals surface area contributed by atoms with Crippen molar-refractivity contribution in [3.05, 3.63) is 47.1 Å². The zero-order valence-corrected chi connectivity index (χ0v) is 13.4. The van der Waals surface area contributed by atoms with Crippen molar-refractivity contribution in [1.29, 1.82) is 0 Å². The number of aryl methyl sites for hydroxylation is 2. The van der Waals surface area contributed by atoms with Crippen LogP contribution in [-0.2, 0) is 9.59 Å². The summed E-state index contributed by atoms with van der Waals surface area (Å²) in [6, 6.07) is 9.09. The summed E-state index contributed by atoms with van der Waals surface area (Å²) >= 11 is 1.33. The van der Waals surface area contributed by atoms with Crippen LogP contribution in [0, 0.1) is 13.8 Å². The molecule has 0 aliphatic heterocycles. The predicted octanol–water partition coefficient (Wildman–Crippen LogP) is 2.89. The number of hydrogen-bond acceptors (Lipinski definition) is 5. The number of carbonyl (C=O) groups is 2. The minimum atomic E-state index is -0.758. The molecule has 0 saturated carbocycles. The Balaban J connectivity index is 1.76. The molecule has 0 bridgehead atoms. The second-order valence-electron chi connectivity index (χ2n) is 4.95. The second-order valence-corrected chi connectivity index (χ2v) is 6.15. The highest BCUT2D eigenvalue weighted by molar-refractivity contribution is 7.15. The van der Waals surface area contributed by atoms with E-state index in [1.807, 2.05) is 32.0 Å². The Bertz CT molecular complexity index is 879. The van der Waals surface area contributed by atoms with Gasteiger partial charge in [-0.2, -0.15) is 0 Å². The monoisotopic (exact) mass is 326 g/mol. The van der Waals surface area contributed by atoms with Gasteiger partial charge < -0.3 is 5.32 Å². The van der Waals surface area contributed by atoms with Gasteiger partial charge in [-0.25, -0.2) is 4.98 Å². The summed E-state index contributed by atoms with van der Waals surface area (Å²) < 4.78 is 0. The van der Waals surface area contributed by atoms with Gasteiger partial charge in [-0.15, -0.1) is 11.3 Å². The number of hydrogen-bond donors (Lipinski definition) is 2. The molecular weight excluding hydrogens is 312 g/mol. The van der Waals surface area contributed by atoms with Crippen molar-refractivity contribution < 1.29 is 9.59 Å². The van der Waals surface area contributed by atoms with Gasteiger partial charge in [-0.3, -0.25) is 19.9 Å². The molecule has 0 atom stereocenters. The third-order valence-corrected chi connectivity index (χ3v) is 4.32. The van der Waals surface area contributed by atoms with E-state index in [0.717, 1.165) is 16.0 Å². The van der Waals surface area contributed by atoms with E-state index < -0.39 is 11.8 Å². The Labute approximate surface area is 136 Å². The molecule has 3 aromatic rings. The molecule has 0 aliphatic rings. The summed E-state index contributed by atoms with van der Waals surface area (Å²) in [7, 11) is 0. The molecule has 1 aromatic carbocycles. The zero-order valence-electron chi connectivity index (χ0n) is 12.6. The second kappa shape index (κ2) is 6.13. The molecular formula is C16H14N4O2S. The van der Waals surface area contributed by atoms with E-state index in [2.05, 4.69) is 20.6 Å². The molecule has 0 radical (unpaired) electrons. The maximum Gasteiger partial charge on any atom is 0.315 e. The maximum atomic E-state index is 12.1. The molecule has 0 fully saturated rings. The molecule has 0 spiro atoms. The quantitative estimate of drug-likeness (QED) is 0.709. The smallest absolute Gasteiger partial charge is 0.315 e. The molecule has 0 saturated heterocycles. The number of nitrogens with zero attached hydrogens (tertiary/aromatic N) is 2. The molecule has 2 aromatic heterocycles. The number of nitrogens with one attached hydrogen (secondary N) is 2. The zero-order chi connectivity index (χ0) is 16.4. The molecule has 2 heterocycles. The number of thiazole rings is 1. The van der Waals surface area contributed by atoms with E-state index in [0.29, 0.717) is 16.3 Å². The Hall–Kier alpha value is -2.80. The number of para-hydroxylation sites is 1. The Morgan fingerprint density at radius 3 is 2.52 bits per heavy atom. The Morgan fingerprint density at radius 2 is 1.78 bits per heavy atom. The van der Waals surface area contributed by atoms with E-state index in [9.17, 15) is 9.59 Å². The third-order valence-electron chi connectivity index (χ3n) is 3.34. The maximum absolute atomic E-state index is 12.1. The van der Waals surface area contributed by atoms with Crippen LogP contribution in [0.25, 0.3) is 10.9 Å². The number of pyridine rings is 1. The van der Waals surface area contributed by atoms with Crippen LogP contribution in [0.2, 0.25) is 0 Å². The first kappa shape index (κ1) is 15.1. The minimum Gasteiger partial charge on any atom is -0.316 e. The van der Waals surface area contributed by atoms with E-state index in [4.69, 9.17) is 0 Å². The normalized spacial score (nSPS) is 10.5. The largest absolute Gasteiger partial charge is 0.316 e. The minimum absolute atomic E-state index is 0.413. The van der Waals surface area contributed by atoms with Crippen LogP contribution in [0.5, 0.6) is 0 Å². The van der Waals surface area contributed by atoms with E-state index in [-0.39, 0.29) is 0 Å². The van der Waals surface area contributed by atoms with Gasteiger partial charge in [-0.1, -0.05) is 18.2 Å². The number of anilines is 2. The summed E-state index contributed by atoms with van der Waals surface area (Å²) in [6.07, 6.45) is 1.64. The molecule has 116 valence electrons. The highest BCUT2D eigenvalue weighted by Crippen LogP contribution is 2.22. The van der Waals surface area contributed by atoms with Gasteiger partial charge in [-0.05, 0) is 26.0 Å². The number of aromatic nitrogens is 2. The molecule has 23 heavy (non-hydrogen) atoms. The van der Waals surface area contributed by atoms with Gasteiger partial charge >= 0.3 is 11.8 Å². The number of fused-ring (bicyclic) bond motifs is 1. The van der Waals surface area contributed by atoms with Crippen molar-refractivity contribution in [3.8, 4) is 0 Å². The van der Waals surface area contributed by atoms with Gasteiger partial charge in [0.25, 0.3) is 0 Å². The highest BCUT2D eigenvalue weighted by Gasteiger charge is 2.17. The number of carbonyl (C=O) groups excluding carboxylic acids is 2. The van der Waals surface area contributed by atoms with Crippen molar-refractivity contribution in [2.45, 2.75) is 13.8 Å². The van der Waals surface area contributed by atoms with Crippen molar-refractivity contribution in [2.75, 3.05) is 10.6 Å². The molecule has 2 N–H and O–H groups in total. The molecule has 2 amide bonds. The first-order valence-electron chi connectivity index (χ1n) is 6.94. The Morgan fingerprint density at radius 1 is 1.04 bits per heavy atom. The molecule has 6 nitrogen and oxygen atoms in total. The van der Waals surface area contributed by atoms with Crippen LogP contribution in [0.3, 0.4) is 0 Å². The van der Waals surface area contributed by atoms with Gasteiger partial charge in [0, 0.05) is 16.5 Å². The third kappa shape index (κ3) is 3.19. The van der Waals surface area contributed by atoms with Crippen LogP contribution in [0.15, 0.2) is 36.5 Å². The average Bonchev–Trinajstić information content (AvgIpc) is 2.85. The van der Waals surface area contributed by atoms with Crippen molar-refractivity contribution in [1.82, 2.24) is 9.97 Å². The number of amides is 2. The average molecular weight is 326 g/mol. The first-order valence-corrected chi connectivity index (χ1v) is 7.76. The summed E-state index contributed by atoms with van der Waals surface area (Å²) in [5.41, 5.74) is 1.97. The topological polar surface area (TPSA) is 84.0 Å². The fourth-order valence-electron chi connectivity index (χ4n) is 2.06.